The minimum atomic E-state index is -0.439. The van der Waals surface area contributed by atoms with Crippen LogP contribution in [0.3, 0.4) is 0 Å². The van der Waals surface area contributed by atoms with Crippen LogP contribution >= 0.6 is 0 Å². The third-order valence-corrected chi connectivity index (χ3v) is 3.69. The van der Waals surface area contributed by atoms with Gasteiger partial charge in [0.1, 0.15) is 17.5 Å². The summed E-state index contributed by atoms with van der Waals surface area (Å²) in [4.78, 5) is 23.2. The molecule has 5 nitrogen and oxygen atoms in total. The van der Waals surface area contributed by atoms with E-state index >= 15 is 0 Å². The molecule has 0 aromatic heterocycles. The maximum absolute atomic E-state index is 12.0. The monoisotopic (exact) mass is 310 g/mol. The minimum Gasteiger partial charge on any atom is -0.457 e. The van der Waals surface area contributed by atoms with Crippen molar-refractivity contribution in [2.45, 2.75) is 25.8 Å². The predicted octanol–water partition coefficient (Wildman–Crippen LogP) is 3.00. The Morgan fingerprint density at radius 1 is 1.09 bits per heavy atom. The number of anilines is 1. The molecule has 118 valence electrons. The Kier molecular flexibility index (Phi) is 4.28. The zero-order chi connectivity index (χ0) is 16.2. The first-order valence-corrected chi connectivity index (χ1v) is 7.55. The highest BCUT2D eigenvalue weighted by molar-refractivity contribution is 5.98. The topological polar surface area (TPSA) is 67.4 Å². The highest BCUT2D eigenvalue weighted by atomic mass is 16.5. The van der Waals surface area contributed by atoms with Gasteiger partial charge in [-0.2, -0.15) is 0 Å². The lowest BCUT2D eigenvalue weighted by Gasteiger charge is -2.11. The standard InChI is InChI=1S/C18H18N2O3/c1-12-2-6-14(7-3-12)23-15-8-4-13(5-9-15)19-18(22)16-10-11-17(21)20-16/h2-9,16H,10-11H2,1H3,(H,19,22)(H,20,21)/t16-/m0/s1. The second kappa shape index (κ2) is 6.52. The highest BCUT2D eigenvalue weighted by Crippen LogP contribution is 2.23. The summed E-state index contributed by atoms with van der Waals surface area (Å²) in [6, 6.07) is 14.5. The zero-order valence-electron chi connectivity index (χ0n) is 12.8. The van der Waals surface area contributed by atoms with E-state index in [4.69, 9.17) is 4.74 Å². The second-order valence-electron chi connectivity index (χ2n) is 5.59. The normalized spacial score (nSPS) is 16.7. The van der Waals surface area contributed by atoms with Crippen LogP contribution in [0.25, 0.3) is 0 Å². The molecule has 2 aromatic rings. The summed E-state index contributed by atoms with van der Waals surface area (Å²) in [6.45, 7) is 2.02. The van der Waals surface area contributed by atoms with Gasteiger partial charge in [-0.15, -0.1) is 0 Å². The maximum Gasteiger partial charge on any atom is 0.246 e. The van der Waals surface area contributed by atoms with Crippen LogP contribution in [0.15, 0.2) is 48.5 Å². The summed E-state index contributed by atoms with van der Waals surface area (Å²) in [6.07, 6.45) is 0.945. The molecule has 0 unspecified atom stereocenters. The molecule has 5 heteroatoms. The lowest BCUT2D eigenvalue weighted by atomic mass is 10.2. The first-order valence-electron chi connectivity index (χ1n) is 7.55. The van der Waals surface area contributed by atoms with Crippen LogP contribution in [-0.4, -0.2) is 17.9 Å². The molecule has 1 aliphatic heterocycles. The third-order valence-electron chi connectivity index (χ3n) is 3.69. The van der Waals surface area contributed by atoms with E-state index in [1.165, 1.54) is 5.56 Å². The van der Waals surface area contributed by atoms with Crippen molar-refractivity contribution < 1.29 is 14.3 Å². The van der Waals surface area contributed by atoms with E-state index in [-0.39, 0.29) is 11.8 Å². The van der Waals surface area contributed by atoms with E-state index in [1.807, 2.05) is 31.2 Å². The molecule has 1 aliphatic rings. The molecule has 2 N–H and O–H groups in total. The Morgan fingerprint density at radius 3 is 2.26 bits per heavy atom. The Hall–Kier alpha value is -2.82. The van der Waals surface area contributed by atoms with E-state index < -0.39 is 6.04 Å². The van der Waals surface area contributed by atoms with E-state index in [9.17, 15) is 9.59 Å². The van der Waals surface area contributed by atoms with Crippen molar-refractivity contribution in [2.24, 2.45) is 0 Å². The average molecular weight is 310 g/mol. The highest BCUT2D eigenvalue weighted by Gasteiger charge is 2.26. The third kappa shape index (κ3) is 3.88. The van der Waals surface area contributed by atoms with Crippen LogP contribution in [0, 0.1) is 6.92 Å². The Labute approximate surface area is 134 Å². The number of amides is 2. The van der Waals surface area contributed by atoms with Gasteiger partial charge in [0.15, 0.2) is 0 Å². The fourth-order valence-corrected chi connectivity index (χ4v) is 2.39. The zero-order valence-corrected chi connectivity index (χ0v) is 12.8. The van der Waals surface area contributed by atoms with Gasteiger partial charge in [0.05, 0.1) is 0 Å². The minimum absolute atomic E-state index is 0.0769. The molecule has 1 fully saturated rings. The lowest BCUT2D eigenvalue weighted by Crippen LogP contribution is -2.37. The van der Waals surface area contributed by atoms with Crippen molar-refractivity contribution in [2.75, 3.05) is 5.32 Å². The van der Waals surface area contributed by atoms with E-state index in [0.717, 1.165) is 5.75 Å². The number of hydrogen-bond donors (Lipinski definition) is 2. The van der Waals surface area contributed by atoms with Crippen LogP contribution in [0.1, 0.15) is 18.4 Å². The van der Waals surface area contributed by atoms with Gasteiger partial charge in [-0.1, -0.05) is 17.7 Å². The quantitative estimate of drug-likeness (QED) is 0.912. The van der Waals surface area contributed by atoms with Crippen LogP contribution in [0.5, 0.6) is 11.5 Å². The van der Waals surface area contributed by atoms with Gasteiger partial charge in [0.25, 0.3) is 0 Å². The van der Waals surface area contributed by atoms with E-state index in [1.54, 1.807) is 24.3 Å². The maximum atomic E-state index is 12.0. The van der Waals surface area contributed by atoms with Crippen molar-refractivity contribution in [1.82, 2.24) is 5.32 Å². The van der Waals surface area contributed by atoms with Gasteiger partial charge in [0.2, 0.25) is 11.8 Å². The molecule has 1 heterocycles. The molecule has 0 spiro atoms. The van der Waals surface area contributed by atoms with Gasteiger partial charge >= 0.3 is 0 Å². The fourth-order valence-electron chi connectivity index (χ4n) is 2.39. The number of benzene rings is 2. The number of carbonyl (C=O) groups excluding carboxylic acids is 2. The first kappa shape index (κ1) is 15.1. The molecular weight excluding hydrogens is 292 g/mol. The number of nitrogens with one attached hydrogen (secondary N) is 2. The number of ether oxygens (including phenoxy) is 1. The summed E-state index contributed by atoms with van der Waals surface area (Å²) in [5.41, 5.74) is 1.85. The van der Waals surface area contributed by atoms with Gasteiger partial charge < -0.3 is 15.4 Å². The van der Waals surface area contributed by atoms with E-state index in [0.29, 0.717) is 24.3 Å². The molecule has 23 heavy (non-hydrogen) atoms. The van der Waals surface area contributed by atoms with Crippen LogP contribution in [0.2, 0.25) is 0 Å². The summed E-state index contributed by atoms with van der Waals surface area (Å²) < 4.78 is 5.74. The van der Waals surface area contributed by atoms with Crippen LogP contribution in [0.4, 0.5) is 5.69 Å². The molecule has 2 aromatic carbocycles. The lowest BCUT2D eigenvalue weighted by molar-refractivity contribution is -0.122. The number of hydrogen-bond acceptors (Lipinski definition) is 3. The molecule has 0 radical (unpaired) electrons. The van der Waals surface area contributed by atoms with Gasteiger partial charge in [-0.05, 0) is 49.7 Å². The van der Waals surface area contributed by atoms with Crippen LogP contribution < -0.4 is 15.4 Å². The summed E-state index contributed by atoms with van der Waals surface area (Å²) in [7, 11) is 0. The summed E-state index contributed by atoms with van der Waals surface area (Å²) in [5.74, 6) is 1.19. The smallest absolute Gasteiger partial charge is 0.246 e. The van der Waals surface area contributed by atoms with Crippen molar-refractivity contribution in [3.8, 4) is 11.5 Å². The Morgan fingerprint density at radius 2 is 1.70 bits per heavy atom. The Bertz CT molecular complexity index is 708. The number of carbonyl (C=O) groups is 2. The average Bonchev–Trinajstić information content (AvgIpc) is 2.98. The number of aryl methyl sites for hydroxylation is 1. The van der Waals surface area contributed by atoms with Crippen molar-refractivity contribution in [3.05, 3.63) is 54.1 Å². The first-order chi connectivity index (χ1) is 11.1. The van der Waals surface area contributed by atoms with Crippen LogP contribution in [-0.2, 0) is 9.59 Å². The molecule has 1 atom stereocenters. The largest absolute Gasteiger partial charge is 0.457 e. The van der Waals surface area contributed by atoms with Crippen molar-refractivity contribution in [3.63, 3.8) is 0 Å². The van der Waals surface area contributed by atoms with Crippen molar-refractivity contribution >= 4 is 17.5 Å². The van der Waals surface area contributed by atoms with E-state index in [2.05, 4.69) is 10.6 Å². The molecule has 0 saturated carbocycles. The molecule has 2 amide bonds. The van der Waals surface area contributed by atoms with Gasteiger partial charge in [-0.3, -0.25) is 9.59 Å². The molecule has 0 aliphatic carbocycles. The number of rotatable bonds is 4. The fraction of sp³-hybridized carbons (Fsp3) is 0.222. The summed E-state index contributed by atoms with van der Waals surface area (Å²) >= 11 is 0. The molecule has 3 rings (SSSR count). The molecule has 0 bridgehead atoms. The van der Waals surface area contributed by atoms with Gasteiger partial charge in [-0.25, -0.2) is 0 Å². The Balaban J connectivity index is 1.59. The molecular formula is C18H18N2O3. The molecule has 1 saturated heterocycles. The van der Waals surface area contributed by atoms with Crippen molar-refractivity contribution in [1.29, 1.82) is 0 Å². The summed E-state index contributed by atoms with van der Waals surface area (Å²) in [5, 5.41) is 5.44. The van der Waals surface area contributed by atoms with Gasteiger partial charge in [0, 0.05) is 12.1 Å². The second-order valence-corrected chi connectivity index (χ2v) is 5.59. The SMILES string of the molecule is Cc1ccc(Oc2ccc(NC(=O)[C@@H]3CCC(=O)N3)cc2)cc1. The predicted molar refractivity (Wildman–Crippen MR) is 87.5 cm³/mol.